The van der Waals surface area contributed by atoms with Crippen LogP contribution in [0, 0.1) is 11.3 Å². The highest BCUT2D eigenvalue weighted by Gasteiger charge is 2.17. The lowest BCUT2D eigenvalue weighted by Crippen LogP contribution is -2.19. The van der Waals surface area contributed by atoms with Crippen molar-refractivity contribution >= 4 is 0 Å². The van der Waals surface area contributed by atoms with Crippen LogP contribution < -0.4 is 4.74 Å². The molecule has 2 N–H and O–H groups in total. The van der Waals surface area contributed by atoms with E-state index < -0.39 is 12.2 Å². The fourth-order valence-corrected chi connectivity index (χ4v) is 1.36. The molecule has 0 aliphatic heterocycles. The van der Waals surface area contributed by atoms with Crippen LogP contribution in [0.5, 0.6) is 5.75 Å². The Morgan fingerprint density at radius 3 is 2.39 bits per heavy atom. The molecule has 0 amide bonds. The summed E-state index contributed by atoms with van der Waals surface area (Å²) in [5, 5.41) is 27.3. The molecule has 1 aromatic rings. The van der Waals surface area contributed by atoms with Crippen molar-refractivity contribution < 1.29 is 14.9 Å². The molecule has 1 aromatic carbocycles. The molecule has 5 heteroatoms. The lowest BCUT2D eigenvalue weighted by atomic mass is 10.1. The van der Waals surface area contributed by atoms with E-state index in [2.05, 4.69) is 0 Å². The van der Waals surface area contributed by atoms with Crippen LogP contribution in [0.25, 0.3) is 0 Å². The van der Waals surface area contributed by atoms with Crippen molar-refractivity contribution in [3.8, 4) is 11.8 Å². The third-order valence-corrected chi connectivity index (χ3v) is 2.46. The highest BCUT2D eigenvalue weighted by Crippen LogP contribution is 2.20. The lowest BCUT2D eigenvalue weighted by Gasteiger charge is -2.14. The second kappa shape index (κ2) is 6.97. The van der Waals surface area contributed by atoms with Crippen molar-refractivity contribution in [2.45, 2.75) is 12.2 Å². The number of rotatable bonds is 6. The highest BCUT2D eigenvalue weighted by atomic mass is 16.5. The van der Waals surface area contributed by atoms with E-state index in [1.807, 2.05) is 19.0 Å². The maximum Gasteiger partial charge on any atom is 0.170 e. The van der Waals surface area contributed by atoms with Crippen molar-refractivity contribution in [1.29, 1.82) is 5.26 Å². The number of aliphatic hydroxyl groups excluding tert-OH is 2. The number of hydrogen-bond donors (Lipinski definition) is 2. The first kappa shape index (κ1) is 14.5. The summed E-state index contributed by atoms with van der Waals surface area (Å²) < 4.78 is 5.49. The van der Waals surface area contributed by atoms with Crippen molar-refractivity contribution in [1.82, 2.24) is 4.90 Å². The van der Waals surface area contributed by atoms with Gasteiger partial charge in [-0.2, -0.15) is 5.26 Å². The van der Waals surface area contributed by atoms with E-state index in [1.165, 1.54) is 0 Å². The Morgan fingerprint density at radius 1 is 1.28 bits per heavy atom. The molecule has 98 valence electrons. The lowest BCUT2D eigenvalue weighted by molar-refractivity contribution is 0.0527. The molecule has 18 heavy (non-hydrogen) atoms. The number of benzene rings is 1. The van der Waals surface area contributed by atoms with Gasteiger partial charge in [0.2, 0.25) is 0 Å². The number of aliphatic hydroxyl groups is 2. The van der Waals surface area contributed by atoms with Crippen LogP contribution in [0.3, 0.4) is 0 Å². The summed E-state index contributed by atoms with van der Waals surface area (Å²) in [7, 11) is 3.93. The van der Waals surface area contributed by atoms with Crippen molar-refractivity contribution in [3.05, 3.63) is 29.8 Å². The molecule has 0 heterocycles. The second-order valence-corrected chi connectivity index (χ2v) is 4.24. The fraction of sp³-hybridized carbons (Fsp3) is 0.462. The standard InChI is InChI=1S/C13H18N2O3/c1-15(2)7-8-18-11-5-3-10(4-6-11)13(17)12(16)9-14/h3-6,12-13,16-17H,7-8H2,1-2H3. The Hall–Kier alpha value is -1.61. The zero-order valence-corrected chi connectivity index (χ0v) is 10.6. The highest BCUT2D eigenvalue weighted by molar-refractivity contribution is 5.29. The quantitative estimate of drug-likeness (QED) is 0.721. The van der Waals surface area contributed by atoms with Crippen LogP contribution >= 0.6 is 0 Å². The second-order valence-electron chi connectivity index (χ2n) is 4.24. The number of likely N-dealkylation sites (N-methyl/N-ethyl adjacent to an activating group) is 1. The van der Waals surface area contributed by atoms with Crippen molar-refractivity contribution in [3.63, 3.8) is 0 Å². The summed E-state index contributed by atoms with van der Waals surface area (Å²) in [6.07, 6.45) is -2.60. The Balaban J connectivity index is 2.55. The van der Waals surface area contributed by atoms with Crippen LogP contribution in [0.1, 0.15) is 11.7 Å². The van der Waals surface area contributed by atoms with Crippen LogP contribution in [0.4, 0.5) is 0 Å². The van der Waals surface area contributed by atoms with Gasteiger partial charge in [0.1, 0.15) is 18.5 Å². The molecule has 0 aromatic heterocycles. The van der Waals surface area contributed by atoms with Gasteiger partial charge in [0.05, 0.1) is 6.07 Å². The summed E-state index contributed by atoms with van der Waals surface area (Å²) in [6.45, 7) is 1.40. The molecule has 0 saturated carbocycles. The molecule has 5 nitrogen and oxygen atoms in total. The monoisotopic (exact) mass is 250 g/mol. The van der Waals surface area contributed by atoms with Crippen LogP contribution in [-0.2, 0) is 0 Å². The van der Waals surface area contributed by atoms with E-state index in [4.69, 9.17) is 10.00 Å². The van der Waals surface area contributed by atoms with E-state index >= 15 is 0 Å². The van der Waals surface area contributed by atoms with Gasteiger partial charge in [0.25, 0.3) is 0 Å². The van der Waals surface area contributed by atoms with Crippen LogP contribution in [-0.4, -0.2) is 48.5 Å². The Morgan fingerprint density at radius 2 is 1.89 bits per heavy atom. The molecule has 1 rings (SSSR count). The number of hydrogen-bond acceptors (Lipinski definition) is 5. The average Bonchev–Trinajstić information content (AvgIpc) is 2.37. The largest absolute Gasteiger partial charge is 0.492 e. The normalized spacial score (nSPS) is 14.0. The number of ether oxygens (including phenoxy) is 1. The summed E-state index contributed by atoms with van der Waals surface area (Å²) in [4.78, 5) is 2.02. The average molecular weight is 250 g/mol. The molecule has 2 unspecified atom stereocenters. The summed E-state index contributed by atoms with van der Waals surface area (Å²) >= 11 is 0. The van der Waals surface area contributed by atoms with Gasteiger partial charge in [0.15, 0.2) is 6.10 Å². The third-order valence-electron chi connectivity index (χ3n) is 2.46. The summed E-state index contributed by atoms with van der Waals surface area (Å²) in [6, 6.07) is 8.28. The van der Waals surface area contributed by atoms with Crippen molar-refractivity contribution in [2.75, 3.05) is 27.2 Å². The maximum absolute atomic E-state index is 9.61. The van der Waals surface area contributed by atoms with Crippen molar-refractivity contribution in [2.24, 2.45) is 0 Å². The summed E-state index contributed by atoms with van der Waals surface area (Å²) in [5.74, 6) is 0.694. The topological polar surface area (TPSA) is 76.7 Å². The summed E-state index contributed by atoms with van der Waals surface area (Å²) in [5.41, 5.74) is 0.490. The molecule has 0 aliphatic rings. The Bertz CT molecular complexity index is 398. The molecule has 0 aliphatic carbocycles. The van der Waals surface area contributed by atoms with Gasteiger partial charge in [-0.05, 0) is 31.8 Å². The minimum Gasteiger partial charge on any atom is -0.492 e. The molecule has 0 radical (unpaired) electrons. The zero-order chi connectivity index (χ0) is 13.5. The number of nitriles is 1. The van der Waals surface area contributed by atoms with Gasteiger partial charge in [-0.3, -0.25) is 0 Å². The maximum atomic E-state index is 9.61. The zero-order valence-electron chi connectivity index (χ0n) is 10.6. The van der Waals surface area contributed by atoms with Gasteiger partial charge in [-0.15, -0.1) is 0 Å². The molecule has 0 spiro atoms. The number of nitrogens with zero attached hydrogens (tertiary/aromatic N) is 2. The van der Waals surface area contributed by atoms with E-state index in [1.54, 1.807) is 30.3 Å². The van der Waals surface area contributed by atoms with Gasteiger partial charge in [0, 0.05) is 6.54 Å². The smallest absolute Gasteiger partial charge is 0.170 e. The Kier molecular flexibility index (Phi) is 5.59. The molecule has 2 atom stereocenters. The van der Waals surface area contributed by atoms with E-state index in [0.717, 1.165) is 6.54 Å². The predicted octanol–water partition coefficient (Wildman–Crippen LogP) is 0.545. The Labute approximate surface area is 107 Å². The van der Waals surface area contributed by atoms with Gasteiger partial charge < -0.3 is 19.8 Å². The molecule has 0 fully saturated rings. The fourth-order valence-electron chi connectivity index (χ4n) is 1.36. The first-order valence-corrected chi connectivity index (χ1v) is 5.68. The first-order valence-electron chi connectivity index (χ1n) is 5.68. The molecule has 0 bridgehead atoms. The third kappa shape index (κ3) is 4.34. The van der Waals surface area contributed by atoms with E-state index in [9.17, 15) is 10.2 Å². The SMILES string of the molecule is CN(C)CCOc1ccc(C(O)C(O)C#N)cc1. The molecular weight excluding hydrogens is 232 g/mol. The minimum atomic E-state index is -1.41. The van der Waals surface area contributed by atoms with Gasteiger partial charge in [-0.25, -0.2) is 0 Å². The van der Waals surface area contributed by atoms with E-state index in [-0.39, 0.29) is 0 Å². The first-order chi connectivity index (χ1) is 8.54. The molecule has 0 saturated heterocycles. The van der Waals surface area contributed by atoms with E-state index in [0.29, 0.717) is 17.9 Å². The molecular formula is C13H18N2O3. The van der Waals surface area contributed by atoms with Gasteiger partial charge >= 0.3 is 0 Å². The van der Waals surface area contributed by atoms with Crippen LogP contribution in [0.15, 0.2) is 24.3 Å². The minimum absolute atomic E-state index is 0.490. The predicted molar refractivity (Wildman–Crippen MR) is 67.1 cm³/mol. The van der Waals surface area contributed by atoms with Gasteiger partial charge in [-0.1, -0.05) is 12.1 Å². The van der Waals surface area contributed by atoms with Crippen LogP contribution in [0.2, 0.25) is 0 Å².